The molecule has 0 spiro atoms. The lowest BCUT2D eigenvalue weighted by Crippen LogP contribution is -2.27. The average Bonchev–Trinajstić information content (AvgIpc) is 3.61. The Labute approximate surface area is 216 Å². The van der Waals surface area contributed by atoms with Gasteiger partial charge in [0.15, 0.2) is 0 Å². The van der Waals surface area contributed by atoms with Gasteiger partial charge in [-0.15, -0.1) is 0 Å². The lowest BCUT2D eigenvalue weighted by atomic mass is 9.97. The van der Waals surface area contributed by atoms with Gasteiger partial charge in [0.1, 0.15) is 0 Å². The van der Waals surface area contributed by atoms with Crippen LogP contribution in [0.3, 0.4) is 0 Å². The molecule has 1 aliphatic heterocycles. The normalized spacial score (nSPS) is 15.5. The van der Waals surface area contributed by atoms with Crippen LogP contribution in [-0.4, -0.2) is 28.3 Å². The first kappa shape index (κ1) is 22.9. The van der Waals surface area contributed by atoms with Crippen LogP contribution < -0.4 is 0 Å². The van der Waals surface area contributed by atoms with Crippen molar-refractivity contribution in [3.63, 3.8) is 0 Å². The molecule has 0 saturated carbocycles. The molecule has 37 heavy (non-hydrogen) atoms. The zero-order chi connectivity index (χ0) is 25.2. The smallest absolute Gasteiger partial charge is 0.240 e. The topological polar surface area (TPSA) is 67.6 Å². The molecule has 0 fully saturated rings. The van der Waals surface area contributed by atoms with Gasteiger partial charge in [-0.05, 0) is 29.8 Å². The standard InChI is InChI=1S/C30H24N4O2S/c35-37(36,26-19-11-4-12-20-26)34-29(21-28(31-34)23-13-5-1-6-14-23)27-22-33(25-17-9-3-10-18-25)32-30(27)24-15-7-2-8-16-24/h1-20,22,29H,21H2/t29-/m0/s1. The van der Waals surface area contributed by atoms with E-state index in [4.69, 9.17) is 10.2 Å². The molecule has 0 N–H and O–H groups in total. The molecule has 2 heterocycles. The third kappa shape index (κ3) is 4.34. The predicted molar refractivity (Wildman–Crippen MR) is 145 cm³/mol. The van der Waals surface area contributed by atoms with Crippen molar-refractivity contribution in [1.29, 1.82) is 0 Å². The van der Waals surface area contributed by atoms with Gasteiger partial charge in [0.2, 0.25) is 0 Å². The van der Waals surface area contributed by atoms with Gasteiger partial charge in [-0.2, -0.15) is 23.0 Å². The van der Waals surface area contributed by atoms with Crippen LogP contribution in [0.1, 0.15) is 23.6 Å². The second kappa shape index (κ2) is 9.52. The fourth-order valence-corrected chi connectivity index (χ4v) is 6.06. The van der Waals surface area contributed by atoms with Gasteiger partial charge in [0.05, 0.1) is 28.0 Å². The van der Waals surface area contributed by atoms with Crippen LogP contribution in [0.15, 0.2) is 138 Å². The maximum absolute atomic E-state index is 13.9. The summed E-state index contributed by atoms with van der Waals surface area (Å²) in [7, 11) is -3.92. The summed E-state index contributed by atoms with van der Waals surface area (Å²) in [6, 6.07) is 37.3. The third-order valence-corrected chi connectivity index (χ3v) is 8.13. The molecular formula is C30H24N4O2S. The molecule has 6 rings (SSSR count). The van der Waals surface area contributed by atoms with Crippen molar-refractivity contribution in [3.05, 3.63) is 139 Å². The Morgan fingerprint density at radius 3 is 1.84 bits per heavy atom. The highest BCUT2D eigenvalue weighted by Gasteiger charge is 2.40. The van der Waals surface area contributed by atoms with Crippen LogP contribution in [-0.2, 0) is 10.0 Å². The van der Waals surface area contributed by atoms with Gasteiger partial charge < -0.3 is 0 Å². The fourth-order valence-electron chi connectivity index (χ4n) is 4.61. The Hall–Kier alpha value is -4.49. The van der Waals surface area contributed by atoms with E-state index in [2.05, 4.69) is 0 Å². The van der Waals surface area contributed by atoms with Crippen LogP contribution in [0.25, 0.3) is 16.9 Å². The zero-order valence-electron chi connectivity index (χ0n) is 19.9. The number of nitrogens with zero attached hydrogens (tertiary/aromatic N) is 4. The number of sulfonamides is 1. The van der Waals surface area contributed by atoms with Gasteiger partial charge in [0, 0.05) is 23.7 Å². The monoisotopic (exact) mass is 504 g/mol. The largest absolute Gasteiger partial charge is 0.279 e. The number of hydrogen-bond donors (Lipinski definition) is 0. The fraction of sp³-hybridized carbons (Fsp3) is 0.0667. The molecule has 4 aromatic carbocycles. The first-order chi connectivity index (χ1) is 18.1. The Morgan fingerprint density at radius 1 is 0.676 bits per heavy atom. The van der Waals surface area contributed by atoms with Crippen LogP contribution in [0.4, 0.5) is 0 Å². The molecule has 182 valence electrons. The summed E-state index contributed by atoms with van der Waals surface area (Å²) in [5.74, 6) is 0. The molecule has 0 amide bonds. The summed E-state index contributed by atoms with van der Waals surface area (Å²) in [4.78, 5) is 0.203. The van der Waals surface area contributed by atoms with E-state index in [0.29, 0.717) is 6.42 Å². The van der Waals surface area contributed by atoms with Crippen LogP contribution in [0.5, 0.6) is 0 Å². The number of para-hydroxylation sites is 1. The number of hydrazone groups is 1. The molecule has 0 radical (unpaired) electrons. The minimum Gasteiger partial charge on any atom is -0.240 e. The Balaban J connectivity index is 1.53. The highest BCUT2D eigenvalue weighted by atomic mass is 32.2. The highest BCUT2D eigenvalue weighted by Crippen LogP contribution is 2.41. The van der Waals surface area contributed by atoms with Gasteiger partial charge in [0.25, 0.3) is 10.0 Å². The molecule has 0 unspecified atom stereocenters. The van der Waals surface area contributed by atoms with Crippen molar-refractivity contribution in [2.24, 2.45) is 5.10 Å². The summed E-state index contributed by atoms with van der Waals surface area (Å²) < 4.78 is 30.9. The maximum Gasteiger partial charge on any atom is 0.279 e. The Kier molecular flexibility index (Phi) is 5.90. The molecule has 6 nitrogen and oxygen atoms in total. The maximum atomic E-state index is 13.9. The number of aromatic nitrogens is 2. The molecular weight excluding hydrogens is 480 g/mol. The SMILES string of the molecule is O=S(=O)(c1ccccc1)N1N=C(c2ccccc2)C[C@H]1c1cn(-c2ccccc2)nc1-c1ccccc1. The minimum absolute atomic E-state index is 0.203. The molecule has 0 aliphatic carbocycles. The summed E-state index contributed by atoms with van der Waals surface area (Å²) in [5, 5.41) is 9.63. The molecule has 0 bridgehead atoms. The van der Waals surface area contributed by atoms with E-state index in [1.165, 1.54) is 4.41 Å². The average molecular weight is 505 g/mol. The molecule has 1 aliphatic rings. The van der Waals surface area contributed by atoms with E-state index < -0.39 is 16.1 Å². The molecule has 5 aromatic rings. The zero-order valence-corrected chi connectivity index (χ0v) is 20.7. The van der Waals surface area contributed by atoms with Gasteiger partial charge in [-0.25, -0.2) is 4.68 Å². The second-order valence-corrected chi connectivity index (χ2v) is 10.6. The first-order valence-corrected chi connectivity index (χ1v) is 13.5. The van der Waals surface area contributed by atoms with Crippen LogP contribution in [0.2, 0.25) is 0 Å². The third-order valence-electron chi connectivity index (χ3n) is 6.44. The van der Waals surface area contributed by atoms with E-state index in [-0.39, 0.29) is 4.90 Å². The lowest BCUT2D eigenvalue weighted by Gasteiger charge is -2.23. The van der Waals surface area contributed by atoms with Gasteiger partial charge in [-0.3, -0.25) is 0 Å². The van der Waals surface area contributed by atoms with Crippen LogP contribution >= 0.6 is 0 Å². The number of benzene rings is 4. The predicted octanol–water partition coefficient (Wildman–Crippen LogP) is 6.08. The molecule has 7 heteroatoms. The Bertz CT molecular complexity index is 1650. The van der Waals surface area contributed by atoms with E-state index in [1.807, 2.05) is 102 Å². The molecule has 1 atom stereocenters. The first-order valence-electron chi connectivity index (χ1n) is 12.0. The molecule has 0 saturated heterocycles. The van der Waals surface area contributed by atoms with Crippen molar-refractivity contribution in [2.45, 2.75) is 17.4 Å². The van der Waals surface area contributed by atoms with E-state index in [1.54, 1.807) is 30.3 Å². The second-order valence-electron chi connectivity index (χ2n) is 8.80. The van der Waals surface area contributed by atoms with Crippen molar-refractivity contribution in [2.75, 3.05) is 0 Å². The van der Waals surface area contributed by atoms with Crippen LogP contribution in [0, 0.1) is 0 Å². The highest BCUT2D eigenvalue weighted by molar-refractivity contribution is 7.89. The lowest BCUT2D eigenvalue weighted by molar-refractivity contribution is 0.372. The minimum atomic E-state index is -3.92. The van der Waals surface area contributed by atoms with Crippen molar-refractivity contribution in [3.8, 4) is 16.9 Å². The summed E-state index contributed by atoms with van der Waals surface area (Å²) in [6.07, 6.45) is 2.36. The van der Waals surface area contributed by atoms with Gasteiger partial charge >= 0.3 is 0 Å². The summed E-state index contributed by atoms with van der Waals surface area (Å²) >= 11 is 0. The van der Waals surface area contributed by atoms with E-state index in [0.717, 1.165) is 33.8 Å². The van der Waals surface area contributed by atoms with E-state index in [9.17, 15) is 8.42 Å². The summed E-state index contributed by atoms with van der Waals surface area (Å²) in [5.41, 5.74) is 4.95. The number of rotatable bonds is 6. The number of hydrogen-bond acceptors (Lipinski definition) is 4. The van der Waals surface area contributed by atoms with Gasteiger partial charge in [-0.1, -0.05) is 97.1 Å². The van der Waals surface area contributed by atoms with Crippen molar-refractivity contribution < 1.29 is 8.42 Å². The quantitative estimate of drug-likeness (QED) is 0.281. The van der Waals surface area contributed by atoms with Crippen molar-refractivity contribution >= 4 is 15.7 Å². The Morgan fingerprint density at radius 2 is 1.22 bits per heavy atom. The summed E-state index contributed by atoms with van der Waals surface area (Å²) in [6.45, 7) is 0. The molecule has 1 aromatic heterocycles. The van der Waals surface area contributed by atoms with Crippen molar-refractivity contribution in [1.82, 2.24) is 14.2 Å². The van der Waals surface area contributed by atoms with E-state index >= 15 is 0 Å².